The minimum Gasteiger partial charge on any atom is -0.348 e. The van der Waals surface area contributed by atoms with Gasteiger partial charge in [0.25, 0.3) is 0 Å². The molecule has 24 heavy (non-hydrogen) atoms. The number of nitrogens with zero attached hydrogens (tertiary/aromatic N) is 2. The first kappa shape index (κ1) is 18.2. The lowest BCUT2D eigenvalue weighted by Crippen LogP contribution is -2.48. The number of rotatable bonds is 6. The third kappa shape index (κ3) is 3.51. The number of carbonyl (C=O) groups excluding carboxylic acids is 1. The van der Waals surface area contributed by atoms with Gasteiger partial charge in [-0.25, -0.2) is 0 Å². The molecular formula is C21H28N2O. The van der Waals surface area contributed by atoms with Crippen molar-refractivity contribution in [3.05, 3.63) is 71.8 Å². The van der Waals surface area contributed by atoms with E-state index in [0.29, 0.717) is 0 Å². The van der Waals surface area contributed by atoms with Gasteiger partial charge < -0.3 is 9.80 Å². The van der Waals surface area contributed by atoms with Gasteiger partial charge in [-0.15, -0.1) is 0 Å². The van der Waals surface area contributed by atoms with Gasteiger partial charge in [0.2, 0.25) is 5.91 Å². The van der Waals surface area contributed by atoms with Crippen molar-refractivity contribution in [1.82, 2.24) is 9.80 Å². The number of benzene rings is 2. The molecule has 1 unspecified atom stereocenters. The molecule has 2 aromatic rings. The summed E-state index contributed by atoms with van der Waals surface area (Å²) in [5, 5.41) is 0. The summed E-state index contributed by atoms with van der Waals surface area (Å²) in [7, 11) is 7.80. The lowest BCUT2D eigenvalue weighted by Gasteiger charge is -2.39. The second-order valence-electron chi connectivity index (χ2n) is 6.85. The second kappa shape index (κ2) is 7.63. The third-order valence-electron chi connectivity index (χ3n) is 4.79. The lowest BCUT2D eigenvalue weighted by molar-refractivity contribution is -0.134. The largest absolute Gasteiger partial charge is 0.348 e. The predicted octanol–water partition coefficient (Wildman–Crippen LogP) is 3.40. The SMILES string of the molecule is CC(CC(C(=O)N(C)C)(c1ccccc1)c1ccccc1)N(C)C. The standard InChI is InChI=1S/C21H28N2O/c1-17(22(2)3)16-21(20(24)23(4)5,18-12-8-6-9-13-18)19-14-10-7-11-15-19/h6-15,17H,16H2,1-5H3. The van der Waals surface area contributed by atoms with Gasteiger partial charge in [-0.2, -0.15) is 0 Å². The van der Waals surface area contributed by atoms with Crippen molar-refractivity contribution < 1.29 is 4.79 Å². The van der Waals surface area contributed by atoms with E-state index in [1.54, 1.807) is 4.90 Å². The molecule has 0 aliphatic rings. The number of amides is 1. The minimum absolute atomic E-state index is 0.119. The average Bonchev–Trinajstić information content (AvgIpc) is 2.60. The van der Waals surface area contributed by atoms with Gasteiger partial charge in [-0.05, 0) is 38.6 Å². The van der Waals surface area contributed by atoms with E-state index in [1.165, 1.54) is 0 Å². The van der Waals surface area contributed by atoms with Crippen LogP contribution in [0.5, 0.6) is 0 Å². The predicted molar refractivity (Wildman–Crippen MR) is 100 cm³/mol. The van der Waals surface area contributed by atoms with Gasteiger partial charge >= 0.3 is 0 Å². The summed E-state index contributed by atoms with van der Waals surface area (Å²) in [5.74, 6) is 0.119. The zero-order valence-electron chi connectivity index (χ0n) is 15.4. The van der Waals surface area contributed by atoms with Crippen molar-refractivity contribution in [1.29, 1.82) is 0 Å². The van der Waals surface area contributed by atoms with Crippen LogP contribution >= 0.6 is 0 Å². The molecule has 0 aromatic heterocycles. The number of likely N-dealkylation sites (N-methyl/N-ethyl adjacent to an activating group) is 1. The van der Waals surface area contributed by atoms with Crippen LogP contribution in [-0.4, -0.2) is 49.9 Å². The molecule has 0 N–H and O–H groups in total. The van der Waals surface area contributed by atoms with Gasteiger partial charge in [-0.1, -0.05) is 60.7 Å². The Kier molecular flexibility index (Phi) is 5.79. The fourth-order valence-electron chi connectivity index (χ4n) is 3.19. The van der Waals surface area contributed by atoms with E-state index in [9.17, 15) is 4.79 Å². The zero-order chi connectivity index (χ0) is 17.7. The number of hydrogen-bond donors (Lipinski definition) is 0. The second-order valence-corrected chi connectivity index (χ2v) is 6.85. The summed E-state index contributed by atoms with van der Waals surface area (Å²) >= 11 is 0. The molecule has 1 amide bonds. The van der Waals surface area contributed by atoms with Crippen LogP contribution in [0.25, 0.3) is 0 Å². The average molecular weight is 324 g/mol. The lowest BCUT2D eigenvalue weighted by atomic mass is 9.69. The van der Waals surface area contributed by atoms with Crippen LogP contribution in [0.3, 0.4) is 0 Å². The highest BCUT2D eigenvalue weighted by Gasteiger charge is 2.44. The molecule has 2 rings (SSSR count). The van der Waals surface area contributed by atoms with Crippen molar-refractivity contribution in [2.45, 2.75) is 24.8 Å². The van der Waals surface area contributed by atoms with E-state index < -0.39 is 5.41 Å². The smallest absolute Gasteiger partial charge is 0.237 e. The van der Waals surface area contributed by atoms with E-state index in [2.05, 4.69) is 50.2 Å². The van der Waals surface area contributed by atoms with E-state index >= 15 is 0 Å². The Morgan fingerprint density at radius 2 is 1.29 bits per heavy atom. The molecule has 0 aliphatic carbocycles. The summed E-state index contributed by atoms with van der Waals surface area (Å²) in [6, 6.07) is 20.6. The van der Waals surface area contributed by atoms with Crippen LogP contribution in [0.2, 0.25) is 0 Å². The highest BCUT2D eigenvalue weighted by molar-refractivity contribution is 5.92. The Morgan fingerprint density at radius 3 is 1.62 bits per heavy atom. The Bertz CT molecular complexity index is 611. The van der Waals surface area contributed by atoms with E-state index in [4.69, 9.17) is 0 Å². The van der Waals surface area contributed by atoms with E-state index in [-0.39, 0.29) is 11.9 Å². The van der Waals surface area contributed by atoms with Crippen molar-refractivity contribution in [3.63, 3.8) is 0 Å². The molecule has 1 atom stereocenters. The summed E-state index contributed by atoms with van der Waals surface area (Å²) in [5.41, 5.74) is 1.41. The minimum atomic E-state index is -0.685. The van der Waals surface area contributed by atoms with E-state index in [0.717, 1.165) is 17.5 Å². The van der Waals surface area contributed by atoms with Crippen LogP contribution in [0, 0.1) is 0 Å². The van der Waals surface area contributed by atoms with Crippen molar-refractivity contribution in [2.75, 3.05) is 28.2 Å². The normalized spacial score (nSPS) is 12.9. The topological polar surface area (TPSA) is 23.6 Å². The molecule has 3 heteroatoms. The maximum absolute atomic E-state index is 13.4. The van der Waals surface area contributed by atoms with Gasteiger partial charge in [-0.3, -0.25) is 4.79 Å². The third-order valence-corrected chi connectivity index (χ3v) is 4.79. The zero-order valence-corrected chi connectivity index (χ0v) is 15.4. The molecular weight excluding hydrogens is 296 g/mol. The van der Waals surface area contributed by atoms with Crippen molar-refractivity contribution in [2.24, 2.45) is 0 Å². The summed E-state index contributed by atoms with van der Waals surface area (Å²) in [6.07, 6.45) is 0.727. The van der Waals surface area contributed by atoms with Gasteiger partial charge in [0.1, 0.15) is 5.41 Å². The van der Waals surface area contributed by atoms with Crippen molar-refractivity contribution >= 4 is 5.91 Å². The fraction of sp³-hybridized carbons (Fsp3) is 0.381. The summed E-state index contributed by atoms with van der Waals surface area (Å²) < 4.78 is 0. The van der Waals surface area contributed by atoms with Crippen LogP contribution in [0.4, 0.5) is 0 Å². The quantitative estimate of drug-likeness (QED) is 0.813. The van der Waals surface area contributed by atoms with E-state index in [1.807, 2.05) is 50.5 Å². The Morgan fingerprint density at radius 1 is 0.875 bits per heavy atom. The first-order valence-electron chi connectivity index (χ1n) is 8.39. The summed E-state index contributed by atoms with van der Waals surface area (Å²) in [4.78, 5) is 17.3. The first-order valence-corrected chi connectivity index (χ1v) is 8.39. The van der Waals surface area contributed by atoms with Crippen LogP contribution in [0.1, 0.15) is 24.5 Å². The molecule has 0 aliphatic heterocycles. The number of carbonyl (C=O) groups is 1. The van der Waals surface area contributed by atoms with Crippen LogP contribution < -0.4 is 0 Å². The number of hydrogen-bond acceptors (Lipinski definition) is 2. The molecule has 2 aromatic carbocycles. The Labute approximate surface area is 145 Å². The molecule has 0 radical (unpaired) electrons. The van der Waals surface area contributed by atoms with Gasteiger partial charge in [0.15, 0.2) is 0 Å². The molecule has 3 nitrogen and oxygen atoms in total. The maximum Gasteiger partial charge on any atom is 0.237 e. The molecule has 0 heterocycles. The molecule has 0 saturated heterocycles. The highest BCUT2D eigenvalue weighted by atomic mass is 16.2. The molecule has 0 saturated carbocycles. The monoisotopic (exact) mass is 324 g/mol. The molecule has 0 spiro atoms. The van der Waals surface area contributed by atoms with Gasteiger partial charge in [0, 0.05) is 20.1 Å². The fourth-order valence-corrected chi connectivity index (χ4v) is 3.19. The van der Waals surface area contributed by atoms with Crippen LogP contribution in [0.15, 0.2) is 60.7 Å². The Hall–Kier alpha value is -2.13. The summed E-state index contributed by atoms with van der Waals surface area (Å²) in [6.45, 7) is 2.17. The molecule has 0 bridgehead atoms. The van der Waals surface area contributed by atoms with Gasteiger partial charge in [0.05, 0.1) is 0 Å². The molecule has 128 valence electrons. The first-order chi connectivity index (χ1) is 11.4. The maximum atomic E-state index is 13.4. The molecule has 0 fully saturated rings. The highest BCUT2D eigenvalue weighted by Crippen LogP contribution is 2.39. The van der Waals surface area contributed by atoms with Crippen molar-refractivity contribution in [3.8, 4) is 0 Å². The van der Waals surface area contributed by atoms with Crippen LogP contribution in [-0.2, 0) is 10.2 Å². The Balaban J connectivity index is 2.71.